The summed E-state index contributed by atoms with van der Waals surface area (Å²) in [6.07, 6.45) is 3.74. The highest BCUT2D eigenvalue weighted by molar-refractivity contribution is 7.99. The van der Waals surface area contributed by atoms with Gasteiger partial charge in [-0.15, -0.1) is 0 Å². The molecule has 2 amide bonds. The molecule has 1 aromatic carbocycles. The minimum atomic E-state index is -0.423. The van der Waals surface area contributed by atoms with E-state index in [1.54, 1.807) is 11.1 Å². The molecule has 1 heterocycles. The second kappa shape index (κ2) is 8.38. The van der Waals surface area contributed by atoms with E-state index in [4.69, 9.17) is 5.73 Å². The molecule has 6 nitrogen and oxygen atoms in total. The highest BCUT2D eigenvalue weighted by atomic mass is 32.2. The number of hydrogen-bond donors (Lipinski definition) is 1. The fraction of sp³-hybridized carbons (Fsp3) is 0.312. The summed E-state index contributed by atoms with van der Waals surface area (Å²) in [4.78, 5) is 29.5. The summed E-state index contributed by atoms with van der Waals surface area (Å²) in [6, 6.07) is 9.29. The van der Waals surface area contributed by atoms with Gasteiger partial charge in [0.15, 0.2) is 5.16 Å². The highest BCUT2D eigenvalue weighted by Crippen LogP contribution is 2.19. The van der Waals surface area contributed by atoms with E-state index in [9.17, 15) is 9.59 Å². The second-order valence-corrected chi connectivity index (χ2v) is 5.82. The molecule has 0 unspecified atom stereocenters. The van der Waals surface area contributed by atoms with Crippen molar-refractivity contribution in [3.05, 3.63) is 42.7 Å². The Bertz CT molecular complexity index is 657. The highest BCUT2D eigenvalue weighted by Gasteiger charge is 2.17. The van der Waals surface area contributed by atoms with Crippen LogP contribution < -0.4 is 10.6 Å². The van der Waals surface area contributed by atoms with Gasteiger partial charge in [0.25, 0.3) is 0 Å². The Morgan fingerprint density at radius 3 is 2.70 bits per heavy atom. The number of hydrogen-bond acceptors (Lipinski definition) is 4. The number of anilines is 1. The zero-order valence-corrected chi connectivity index (χ0v) is 13.8. The van der Waals surface area contributed by atoms with Crippen LogP contribution in [0, 0.1) is 0 Å². The average molecular weight is 332 g/mol. The van der Waals surface area contributed by atoms with Gasteiger partial charge in [-0.3, -0.25) is 9.59 Å². The molecule has 0 spiro atoms. The molecule has 2 rings (SSSR count). The molecule has 2 aromatic rings. The molecule has 1 aromatic heterocycles. The second-order valence-electron chi connectivity index (χ2n) is 4.88. The molecule has 2 N–H and O–H groups in total. The van der Waals surface area contributed by atoms with Crippen LogP contribution in [0.2, 0.25) is 0 Å². The fourth-order valence-electron chi connectivity index (χ4n) is 2.11. The van der Waals surface area contributed by atoms with Crippen molar-refractivity contribution in [1.82, 2.24) is 9.55 Å². The Morgan fingerprint density at radius 2 is 2.04 bits per heavy atom. The molecule has 0 aliphatic carbocycles. The number of para-hydroxylation sites is 1. The van der Waals surface area contributed by atoms with Gasteiger partial charge in [0, 0.05) is 37.6 Å². The lowest BCUT2D eigenvalue weighted by atomic mass is 10.2. The molecule has 0 aliphatic rings. The van der Waals surface area contributed by atoms with E-state index in [2.05, 4.69) is 4.98 Å². The van der Waals surface area contributed by atoms with Crippen molar-refractivity contribution >= 4 is 29.3 Å². The standard InChI is InChI=1S/C16H20N4O2S/c1-2-19-11-9-18-16(19)23-12-15(22)20(10-8-14(17)21)13-6-4-3-5-7-13/h3-7,9,11H,2,8,10,12H2,1H3,(H2,17,21). The van der Waals surface area contributed by atoms with E-state index in [0.29, 0.717) is 0 Å². The van der Waals surface area contributed by atoms with Crippen LogP contribution in [0.4, 0.5) is 5.69 Å². The van der Waals surface area contributed by atoms with Gasteiger partial charge in [0.05, 0.1) is 5.75 Å². The Hall–Kier alpha value is -2.28. The molecular formula is C16H20N4O2S. The number of primary amides is 1. The first-order valence-corrected chi connectivity index (χ1v) is 8.38. The van der Waals surface area contributed by atoms with Crippen LogP contribution in [-0.2, 0) is 16.1 Å². The number of benzene rings is 1. The van der Waals surface area contributed by atoms with Crippen LogP contribution in [0.1, 0.15) is 13.3 Å². The number of aromatic nitrogens is 2. The summed E-state index contributed by atoms with van der Waals surface area (Å²) >= 11 is 1.39. The van der Waals surface area contributed by atoms with Gasteiger partial charge in [-0.05, 0) is 19.1 Å². The molecule has 0 radical (unpaired) electrons. The van der Waals surface area contributed by atoms with E-state index >= 15 is 0 Å². The molecule has 0 saturated heterocycles. The van der Waals surface area contributed by atoms with Crippen molar-refractivity contribution in [2.45, 2.75) is 25.0 Å². The third-order valence-corrected chi connectivity index (χ3v) is 4.28. The van der Waals surface area contributed by atoms with Gasteiger partial charge in [-0.1, -0.05) is 30.0 Å². The van der Waals surface area contributed by atoms with Crippen molar-refractivity contribution < 1.29 is 9.59 Å². The first kappa shape index (κ1) is 17.1. The zero-order valence-electron chi connectivity index (χ0n) is 13.0. The Kier molecular flexibility index (Phi) is 6.22. The number of amides is 2. The topological polar surface area (TPSA) is 81.2 Å². The van der Waals surface area contributed by atoms with E-state index in [-0.39, 0.29) is 24.6 Å². The molecule has 0 atom stereocenters. The monoisotopic (exact) mass is 332 g/mol. The third-order valence-electron chi connectivity index (χ3n) is 3.29. The van der Waals surface area contributed by atoms with E-state index in [1.165, 1.54) is 11.8 Å². The van der Waals surface area contributed by atoms with Crippen LogP contribution >= 0.6 is 11.8 Å². The Labute approximate surface area is 139 Å². The number of thioether (sulfide) groups is 1. The minimum Gasteiger partial charge on any atom is -0.370 e. The van der Waals surface area contributed by atoms with Crippen LogP contribution in [0.25, 0.3) is 0 Å². The molecule has 23 heavy (non-hydrogen) atoms. The number of aryl methyl sites for hydroxylation is 1. The summed E-state index contributed by atoms with van der Waals surface area (Å²) < 4.78 is 1.98. The van der Waals surface area contributed by atoms with Gasteiger partial charge in [-0.25, -0.2) is 4.98 Å². The van der Waals surface area contributed by atoms with Crippen molar-refractivity contribution in [2.24, 2.45) is 5.73 Å². The summed E-state index contributed by atoms with van der Waals surface area (Å²) in [5.74, 6) is -0.244. The maximum absolute atomic E-state index is 12.6. The maximum atomic E-state index is 12.6. The summed E-state index contributed by atoms with van der Waals surface area (Å²) in [5.41, 5.74) is 5.97. The van der Waals surface area contributed by atoms with Crippen molar-refractivity contribution in [2.75, 3.05) is 17.2 Å². The Morgan fingerprint density at radius 1 is 1.30 bits per heavy atom. The molecular weight excluding hydrogens is 312 g/mol. The maximum Gasteiger partial charge on any atom is 0.237 e. The smallest absolute Gasteiger partial charge is 0.237 e. The van der Waals surface area contributed by atoms with E-state index in [1.807, 2.05) is 48.0 Å². The summed E-state index contributed by atoms with van der Waals surface area (Å²) in [7, 11) is 0. The lowest BCUT2D eigenvalue weighted by Crippen LogP contribution is -2.35. The largest absolute Gasteiger partial charge is 0.370 e. The molecule has 122 valence electrons. The van der Waals surface area contributed by atoms with Crippen LogP contribution in [0.5, 0.6) is 0 Å². The first-order valence-electron chi connectivity index (χ1n) is 7.39. The number of rotatable bonds is 8. The first-order chi connectivity index (χ1) is 11.1. The number of nitrogens with two attached hydrogens (primary N) is 1. The van der Waals surface area contributed by atoms with E-state index < -0.39 is 5.91 Å². The van der Waals surface area contributed by atoms with Gasteiger partial charge in [-0.2, -0.15) is 0 Å². The predicted octanol–water partition coefficient (Wildman–Crippen LogP) is 1.90. The molecule has 0 bridgehead atoms. The molecule has 7 heteroatoms. The molecule has 0 aliphatic heterocycles. The van der Waals surface area contributed by atoms with Crippen LogP contribution in [-0.4, -0.2) is 33.7 Å². The van der Waals surface area contributed by atoms with Crippen molar-refractivity contribution in [3.8, 4) is 0 Å². The quantitative estimate of drug-likeness (QED) is 0.749. The van der Waals surface area contributed by atoms with Crippen LogP contribution in [0.15, 0.2) is 47.9 Å². The summed E-state index contributed by atoms with van der Waals surface area (Å²) in [6.45, 7) is 3.11. The van der Waals surface area contributed by atoms with Crippen LogP contribution in [0.3, 0.4) is 0 Å². The number of carbonyl (C=O) groups is 2. The van der Waals surface area contributed by atoms with Gasteiger partial charge in [0.2, 0.25) is 11.8 Å². The minimum absolute atomic E-state index is 0.0758. The van der Waals surface area contributed by atoms with Crippen molar-refractivity contribution in [3.63, 3.8) is 0 Å². The lowest BCUT2D eigenvalue weighted by molar-refractivity contribution is -0.118. The summed E-state index contributed by atoms with van der Waals surface area (Å²) in [5, 5.41) is 0.809. The van der Waals surface area contributed by atoms with Gasteiger partial charge in [0.1, 0.15) is 0 Å². The SMILES string of the molecule is CCn1ccnc1SCC(=O)N(CCC(N)=O)c1ccccc1. The van der Waals surface area contributed by atoms with Gasteiger partial charge < -0.3 is 15.2 Å². The predicted molar refractivity (Wildman–Crippen MR) is 91.2 cm³/mol. The lowest BCUT2D eigenvalue weighted by Gasteiger charge is -2.22. The Balaban J connectivity index is 2.05. The normalized spacial score (nSPS) is 10.5. The number of nitrogens with zero attached hydrogens (tertiary/aromatic N) is 3. The van der Waals surface area contributed by atoms with Gasteiger partial charge >= 0.3 is 0 Å². The molecule has 0 fully saturated rings. The third kappa shape index (κ3) is 4.85. The van der Waals surface area contributed by atoms with E-state index in [0.717, 1.165) is 17.4 Å². The fourth-order valence-corrected chi connectivity index (χ4v) is 3.01. The number of imidazole rings is 1. The van der Waals surface area contributed by atoms with Crippen molar-refractivity contribution in [1.29, 1.82) is 0 Å². The number of carbonyl (C=O) groups excluding carboxylic acids is 2. The average Bonchev–Trinajstić information content (AvgIpc) is 3.01. The molecule has 0 saturated carbocycles. The zero-order chi connectivity index (χ0) is 16.7.